The number of halogens is 5. The number of aryl methyl sites for hydroxylation is 1. The maximum atomic E-state index is 14.7. The molecule has 0 saturated carbocycles. The van der Waals surface area contributed by atoms with E-state index in [0.29, 0.717) is 48.6 Å². The summed E-state index contributed by atoms with van der Waals surface area (Å²) in [5.74, 6) is -1.83. The molecular weight excluding hydrogens is 715 g/mol. The Kier molecular flexibility index (Phi) is 11.6. The number of methoxy groups -OCH3 is 1. The van der Waals surface area contributed by atoms with Crippen molar-refractivity contribution in [3.8, 4) is 11.1 Å². The molecule has 6 rings (SSSR count). The van der Waals surface area contributed by atoms with Crippen LogP contribution in [0, 0.1) is 11.6 Å². The van der Waals surface area contributed by atoms with Gasteiger partial charge in [-0.15, -0.1) is 0 Å². The molecule has 3 heterocycles. The molecule has 1 saturated heterocycles. The summed E-state index contributed by atoms with van der Waals surface area (Å²) in [5.41, 5.74) is 2.94. The Labute approximate surface area is 317 Å². The normalized spacial score (nSPS) is 15.4. The van der Waals surface area contributed by atoms with Crippen molar-refractivity contribution >= 4 is 23.3 Å². The number of piperidine rings is 1. The van der Waals surface area contributed by atoms with E-state index < -0.39 is 28.9 Å². The minimum absolute atomic E-state index is 0.0910. The number of rotatable bonds is 11. The van der Waals surface area contributed by atoms with Crippen LogP contribution in [-0.4, -0.2) is 65.0 Å². The van der Waals surface area contributed by atoms with Crippen LogP contribution in [0.25, 0.3) is 16.7 Å². The Hall–Kier alpha value is -5.36. The van der Waals surface area contributed by atoms with E-state index in [1.165, 1.54) is 31.4 Å². The molecule has 0 atom stereocenters. The highest BCUT2D eigenvalue weighted by atomic mass is 19.4. The molecule has 3 aromatic carbocycles. The lowest BCUT2D eigenvalue weighted by Crippen LogP contribution is -2.57. The number of hydrogen-bond donors (Lipinski definition) is 0. The number of anilines is 1. The molecule has 2 aliphatic heterocycles. The van der Waals surface area contributed by atoms with E-state index in [1.54, 1.807) is 12.3 Å². The lowest BCUT2D eigenvalue weighted by molar-refractivity contribution is -0.155. The van der Waals surface area contributed by atoms with Crippen molar-refractivity contribution in [3.05, 3.63) is 137 Å². The minimum Gasteiger partial charge on any atom is -0.468 e. The maximum absolute atomic E-state index is 14.7. The number of nitrogens with zero attached hydrogens (tertiary/aromatic N) is 4. The monoisotopic (exact) mass is 758 g/mol. The number of esters is 1. The number of allylic oxidation sites excluding steroid dienone is 3. The van der Waals surface area contributed by atoms with Crippen molar-refractivity contribution in [2.45, 2.75) is 63.8 Å². The van der Waals surface area contributed by atoms with Crippen LogP contribution in [0.5, 0.6) is 0 Å². The molecule has 4 aromatic rings. The molecule has 1 fully saturated rings. The third kappa shape index (κ3) is 8.64. The van der Waals surface area contributed by atoms with Crippen LogP contribution < -0.4 is 4.90 Å². The van der Waals surface area contributed by atoms with E-state index in [-0.39, 0.29) is 49.4 Å². The van der Waals surface area contributed by atoms with Crippen molar-refractivity contribution in [3.63, 3.8) is 0 Å². The third-order valence-electron chi connectivity index (χ3n) is 10.6. The second-order valence-corrected chi connectivity index (χ2v) is 14.4. The quantitative estimate of drug-likeness (QED) is 0.113. The molecular formula is C43H43F5N4O3. The Balaban J connectivity index is 1.27. The van der Waals surface area contributed by atoms with Gasteiger partial charge in [0.25, 0.3) is 0 Å². The van der Waals surface area contributed by atoms with Gasteiger partial charge < -0.3 is 14.5 Å². The van der Waals surface area contributed by atoms with E-state index in [0.717, 1.165) is 34.9 Å². The molecule has 0 radical (unpaired) electrons. The molecule has 0 unspecified atom stereocenters. The van der Waals surface area contributed by atoms with Crippen LogP contribution in [0.4, 0.5) is 27.8 Å². The second kappa shape index (κ2) is 16.2. The minimum atomic E-state index is -4.43. The van der Waals surface area contributed by atoms with Crippen molar-refractivity contribution in [1.82, 2.24) is 14.8 Å². The van der Waals surface area contributed by atoms with Crippen molar-refractivity contribution < 1.29 is 36.3 Å². The molecule has 1 amide bonds. The number of alkyl halides is 3. The van der Waals surface area contributed by atoms with Gasteiger partial charge in [-0.1, -0.05) is 55.1 Å². The number of pyridine rings is 1. The Morgan fingerprint density at radius 2 is 1.56 bits per heavy atom. The Morgan fingerprint density at radius 3 is 2.20 bits per heavy atom. The highest BCUT2D eigenvalue weighted by molar-refractivity contribution is 5.89. The molecule has 12 heteroatoms. The number of carbonyl (C=O) groups is 2. The highest BCUT2D eigenvalue weighted by Gasteiger charge is 2.40. The molecule has 2 aliphatic rings. The molecule has 55 heavy (non-hydrogen) atoms. The summed E-state index contributed by atoms with van der Waals surface area (Å²) in [6.07, 6.45) is 0.694. The number of amides is 1. The fraction of sp³-hybridized carbons (Fsp3) is 0.326. The highest BCUT2D eigenvalue weighted by Crippen LogP contribution is 2.36. The predicted octanol–water partition coefficient (Wildman–Crippen LogP) is 8.84. The first-order valence-electron chi connectivity index (χ1n) is 18.1. The number of fused-ring (bicyclic) bond motifs is 1. The summed E-state index contributed by atoms with van der Waals surface area (Å²) in [6.45, 7) is 9.08. The first kappa shape index (κ1) is 39.3. The smallest absolute Gasteiger partial charge is 0.416 e. The number of hydrogen-bond acceptors (Lipinski definition) is 6. The summed E-state index contributed by atoms with van der Waals surface area (Å²) >= 11 is 0. The zero-order chi connectivity index (χ0) is 39.5. The van der Waals surface area contributed by atoms with Gasteiger partial charge >= 0.3 is 12.1 Å². The average molecular weight is 759 g/mol. The molecule has 0 aliphatic carbocycles. The van der Waals surface area contributed by atoms with E-state index >= 15 is 0 Å². The SMILES string of the molecule is C=C1C=C(CCc2cccc(F)c2F)N(CC(=O)N(Cc2ccc(-c3ccc(C(F)(F)F)cc3)cc2)C2CCN(C(C)(C)C(=O)OC)CC2)c2ncccc21. The molecule has 0 bridgehead atoms. The van der Waals surface area contributed by atoms with E-state index in [9.17, 15) is 31.5 Å². The van der Waals surface area contributed by atoms with Gasteiger partial charge in [0.2, 0.25) is 5.91 Å². The van der Waals surface area contributed by atoms with Crippen LogP contribution in [0.15, 0.2) is 103 Å². The van der Waals surface area contributed by atoms with Crippen molar-refractivity contribution in [2.24, 2.45) is 0 Å². The second-order valence-electron chi connectivity index (χ2n) is 14.4. The lowest BCUT2D eigenvalue weighted by Gasteiger charge is -2.44. The predicted molar refractivity (Wildman–Crippen MR) is 201 cm³/mol. The number of benzene rings is 3. The lowest BCUT2D eigenvalue weighted by atomic mass is 9.95. The fourth-order valence-corrected chi connectivity index (χ4v) is 7.36. The van der Waals surface area contributed by atoms with Crippen molar-refractivity contribution in [2.75, 3.05) is 31.6 Å². The molecule has 0 N–H and O–H groups in total. The van der Waals surface area contributed by atoms with Gasteiger partial charge in [-0.3, -0.25) is 14.5 Å². The zero-order valence-corrected chi connectivity index (χ0v) is 31.0. The first-order chi connectivity index (χ1) is 26.2. The number of carbonyl (C=O) groups excluding carboxylic acids is 2. The molecule has 1 aromatic heterocycles. The van der Waals surface area contributed by atoms with E-state index in [4.69, 9.17) is 4.74 Å². The Bertz CT molecular complexity index is 2070. The van der Waals surface area contributed by atoms with Gasteiger partial charge in [-0.25, -0.2) is 13.8 Å². The molecule has 7 nitrogen and oxygen atoms in total. The van der Waals surface area contributed by atoms with Crippen LogP contribution in [0.3, 0.4) is 0 Å². The molecule has 0 spiro atoms. The summed E-state index contributed by atoms with van der Waals surface area (Å²) in [7, 11) is 1.36. The van der Waals surface area contributed by atoms with Crippen LogP contribution in [-0.2, 0) is 33.5 Å². The number of ether oxygens (including phenoxy) is 1. The maximum Gasteiger partial charge on any atom is 0.416 e. The summed E-state index contributed by atoms with van der Waals surface area (Å²) < 4.78 is 73.2. The average Bonchev–Trinajstić information content (AvgIpc) is 3.18. The third-order valence-corrected chi connectivity index (χ3v) is 10.6. The summed E-state index contributed by atoms with van der Waals surface area (Å²) in [4.78, 5) is 37.6. The number of aromatic nitrogens is 1. The van der Waals surface area contributed by atoms with Crippen LogP contribution in [0.1, 0.15) is 55.4 Å². The first-order valence-corrected chi connectivity index (χ1v) is 18.1. The van der Waals surface area contributed by atoms with E-state index in [2.05, 4.69) is 16.5 Å². The van der Waals surface area contributed by atoms with Crippen LogP contribution >= 0.6 is 0 Å². The largest absolute Gasteiger partial charge is 0.468 e. The topological polar surface area (TPSA) is 66.0 Å². The fourth-order valence-electron chi connectivity index (χ4n) is 7.36. The van der Waals surface area contributed by atoms with Crippen molar-refractivity contribution in [1.29, 1.82) is 0 Å². The van der Waals surface area contributed by atoms with Gasteiger partial charge in [-0.05, 0) is 104 Å². The van der Waals surface area contributed by atoms with E-state index in [1.807, 2.05) is 60.1 Å². The van der Waals surface area contributed by atoms with Gasteiger partial charge in [0, 0.05) is 43.1 Å². The van der Waals surface area contributed by atoms with Crippen LogP contribution in [0.2, 0.25) is 0 Å². The zero-order valence-electron chi connectivity index (χ0n) is 31.0. The summed E-state index contributed by atoms with van der Waals surface area (Å²) in [5, 5.41) is 0. The summed E-state index contributed by atoms with van der Waals surface area (Å²) in [6, 6.07) is 19.9. The van der Waals surface area contributed by atoms with Gasteiger partial charge in [0.15, 0.2) is 11.6 Å². The Morgan fingerprint density at radius 1 is 0.909 bits per heavy atom. The van der Waals surface area contributed by atoms with Gasteiger partial charge in [0.05, 0.1) is 12.7 Å². The van der Waals surface area contributed by atoms with Gasteiger partial charge in [-0.2, -0.15) is 13.2 Å². The van der Waals surface area contributed by atoms with Gasteiger partial charge in [0.1, 0.15) is 17.9 Å². The molecule has 288 valence electrons. The number of likely N-dealkylation sites (tertiary alicyclic amines) is 1. The standard InChI is InChI=1S/C43H43F5N4O3/c1-28-25-35(19-16-32-7-5-9-37(44)39(32)45)52(40-36(28)8-6-22-49-40)27-38(53)51(34-20-23-50(24-21-34)42(2,3)41(54)55-4)26-29-10-12-30(13-11-29)31-14-17-33(18-15-31)43(46,47)48/h5-15,17-18,22,25,34H,1,16,19-21,23-24,26-27H2,2-4H3.